The van der Waals surface area contributed by atoms with E-state index in [2.05, 4.69) is 5.32 Å². The summed E-state index contributed by atoms with van der Waals surface area (Å²) in [5, 5.41) is 2.35. The normalized spacial score (nSPS) is 19.4. The highest BCUT2D eigenvalue weighted by Crippen LogP contribution is 2.30. The van der Waals surface area contributed by atoms with E-state index in [-0.39, 0.29) is 30.2 Å². The number of ether oxygens (including phenoxy) is 1. The fraction of sp³-hybridized carbons (Fsp3) is 0.520. The average molecular weight is 469 g/mol. The van der Waals surface area contributed by atoms with Gasteiger partial charge in [-0.2, -0.15) is 0 Å². The topological polar surface area (TPSA) is 103 Å². The van der Waals surface area contributed by atoms with Gasteiger partial charge in [0.05, 0.1) is 11.0 Å². The van der Waals surface area contributed by atoms with Crippen molar-refractivity contribution in [2.24, 2.45) is 0 Å². The molecule has 3 heterocycles. The number of rotatable bonds is 3. The lowest BCUT2D eigenvalue weighted by atomic mass is 9.99. The summed E-state index contributed by atoms with van der Waals surface area (Å²) in [6, 6.07) is 4.98. The van der Waals surface area contributed by atoms with Crippen molar-refractivity contribution < 1.29 is 19.1 Å². The lowest BCUT2D eigenvalue weighted by Gasteiger charge is -2.29. The van der Waals surface area contributed by atoms with E-state index in [9.17, 15) is 19.2 Å². The molecular formula is C25H32N4O5. The quantitative estimate of drug-likeness (QED) is 0.696. The first kappa shape index (κ1) is 23.8. The highest BCUT2D eigenvalue weighted by molar-refractivity contribution is 6.00. The molecule has 4 rings (SSSR count). The molecule has 34 heavy (non-hydrogen) atoms. The van der Waals surface area contributed by atoms with Crippen LogP contribution in [0.4, 0.5) is 4.79 Å². The number of fused-ring (bicyclic) bond motifs is 1. The van der Waals surface area contributed by atoms with E-state index >= 15 is 0 Å². The molecule has 1 atom stereocenters. The number of hydrogen-bond donors (Lipinski definition) is 1. The van der Waals surface area contributed by atoms with E-state index in [1.54, 1.807) is 9.47 Å². The van der Waals surface area contributed by atoms with Gasteiger partial charge >= 0.3 is 11.8 Å². The maximum atomic E-state index is 13.4. The fourth-order valence-corrected chi connectivity index (χ4v) is 4.59. The summed E-state index contributed by atoms with van der Waals surface area (Å²) in [5.74, 6) is -0.753. The lowest BCUT2D eigenvalue weighted by Crippen LogP contribution is -2.44. The molecule has 2 aliphatic heterocycles. The Morgan fingerprint density at radius 2 is 1.85 bits per heavy atom. The van der Waals surface area contributed by atoms with Gasteiger partial charge in [-0.05, 0) is 70.7 Å². The van der Waals surface area contributed by atoms with Crippen molar-refractivity contribution in [2.45, 2.75) is 71.6 Å². The van der Waals surface area contributed by atoms with Gasteiger partial charge in [0.1, 0.15) is 11.6 Å². The summed E-state index contributed by atoms with van der Waals surface area (Å²) in [4.78, 5) is 51.5. The van der Waals surface area contributed by atoms with Crippen LogP contribution in [0.15, 0.2) is 29.1 Å². The summed E-state index contributed by atoms with van der Waals surface area (Å²) in [7, 11) is 0. The molecule has 9 nitrogen and oxygen atoms in total. The highest BCUT2D eigenvalue weighted by Gasteiger charge is 2.32. The number of carbonyl (C=O) groups excluding carboxylic acids is 3. The molecule has 1 fully saturated rings. The van der Waals surface area contributed by atoms with E-state index in [0.717, 1.165) is 16.7 Å². The first-order valence-electron chi connectivity index (χ1n) is 11.7. The van der Waals surface area contributed by atoms with E-state index in [1.807, 2.05) is 58.9 Å². The molecule has 1 aromatic heterocycles. The van der Waals surface area contributed by atoms with Crippen LogP contribution < -0.4 is 11.0 Å². The van der Waals surface area contributed by atoms with Crippen LogP contribution in [0.5, 0.6) is 0 Å². The average Bonchev–Trinajstić information content (AvgIpc) is 3.04. The minimum atomic E-state index is -0.713. The molecule has 1 aromatic carbocycles. The first-order chi connectivity index (χ1) is 16.0. The van der Waals surface area contributed by atoms with Gasteiger partial charge in [-0.3, -0.25) is 24.0 Å². The number of hydrogen-bond acceptors (Lipinski definition) is 5. The summed E-state index contributed by atoms with van der Waals surface area (Å²) < 4.78 is 8.68. The third-order valence-electron chi connectivity index (χ3n) is 6.18. The van der Waals surface area contributed by atoms with Crippen LogP contribution in [0.3, 0.4) is 0 Å². The van der Waals surface area contributed by atoms with Crippen LogP contribution in [0, 0.1) is 0 Å². The van der Waals surface area contributed by atoms with Crippen LogP contribution in [0.25, 0.3) is 16.6 Å². The van der Waals surface area contributed by atoms with Crippen molar-refractivity contribution in [3.63, 3.8) is 0 Å². The lowest BCUT2D eigenvalue weighted by molar-refractivity contribution is -0.135. The molecule has 1 saturated heterocycles. The van der Waals surface area contributed by atoms with Crippen LogP contribution in [-0.4, -0.2) is 50.6 Å². The van der Waals surface area contributed by atoms with Gasteiger partial charge in [-0.15, -0.1) is 0 Å². The van der Waals surface area contributed by atoms with E-state index in [0.29, 0.717) is 31.4 Å². The Morgan fingerprint density at radius 1 is 1.12 bits per heavy atom. The van der Waals surface area contributed by atoms with Gasteiger partial charge in [0, 0.05) is 25.6 Å². The second-order valence-electron chi connectivity index (χ2n) is 10.2. The molecule has 2 aromatic rings. The third kappa shape index (κ3) is 4.51. The van der Waals surface area contributed by atoms with Gasteiger partial charge in [0.15, 0.2) is 0 Å². The van der Waals surface area contributed by atoms with Crippen molar-refractivity contribution >= 4 is 34.5 Å². The van der Waals surface area contributed by atoms with Crippen molar-refractivity contribution in [3.8, 4) is 0 Å². The van der Waals surface area contributed by atoms with Crippen LogP contribution >= 0.6 is 0 Å². The molecule has 9 heteroatoms. The Kier molecular flexibility index (Phi) is 6.14. The predicted octanol–water partition coefficient (Wildman–Crippen LogP) is 3.39. The molecule has 0 saturated carbocycles. The Morgan fingerprint density at radius 3 is 2.44 bits per heavy atom. The molecular weight excluding hydrogens is 436 g/mol. The standard InChI is InChI=1S/C25H32N4O5/c1-15(2)28-20-14-17(16-10-12-27(13-11-16)24(33)34-25(3,4)5)6-7-18(20)29(23(28)32)19-8-9-21(30)26-22(19)31/h6-7,10,14-15,19H,8-9,11-13H2,1-5H3,(H,26,30,31). The predicted molar refractivity (Wildman–Crippen MR) is 128 cm³/mol. The molecule has 3 amide bonds. The number of nitrogens with one attached hydrogen (secondary N) is 1. The van der Waals surface area contributed by atoms with E-state index in [4.69, 9.17) is 4.74 Å². The Bertz CT molecular complexity index is 1240. The smallest absolute Gasteiger partial charge is 0.410 e. The molecule has 182 valence electrons. The third-order valence-corrected chi connectivity index (χ3v) is 6.18. The van der Waals surface area contributed by atoms with Gasteiger partial charge < -0.3 is 9.64 Å². The molecule has 0 radical (unpaired) electrons. The molecule has 1 N–H and O–H groups in total. The molecule has 1 unspecified atom stereocenters. The van der Waals surface area contributed by atoms with Crippen molar-refractivity contribution in [1.29, 1.82) is 0 Å². The summed E-state index contributed by atoms with van der Waals surface area (Å²) in [6.45, 7) is 10.4. The van der Waals surface area contributed by atoms with Crippen molar-refractivity contribution in [2.75, 3.05) is 13.1 Å². The van der Waals surface area contributed by atoms with Gasteiger partial charge in [-0.25, -0.2) is 9.59 Å². The maximum absolute atomic E-state index is 13.4. The monoisotopic (exact) mass is 468 g/mol. The molecule has 0 bridgehead atoms. The van der Waals surface area contributed by atoms with Gasteiger partial charge in [-0.1, -0.05) is 12.1 Å². The number of nitrogens with zero attached hydrogens (tertiary/aromatic N) is 3. The molecule has 2 aliphatic rings. The Balaban J connectivity index is 1.68. The van der Waals surface area contributed by atoms with E-state index < -0.39 is 17.6 Å². The highest BCUT2D eigenvalue weighted by atomic mass is 16.6. The molecule has 0 aliphatic carbocycles. The Hall–Kier alpha value is -3.36. The zero-order chi connectivity index (χ0) is 24.8. The number of benzene rings is 1. The number of carbonyl (C=O) groups is 3. The number of aromatic nitrogens is 2. The number of amides is 3. The summed E-state index contributed by atoms with van der Waals surface area (Å²) in [5.41, 5.74) is 2.69. The zero-order valence-electron chi connectivity index (χ0n) is 20.4. The summed E-state index contributed by atoms with van der Waals surface area (Å²) in [6.07, 6.45) is 2.87. The SMILES string of the molecule is CC(C)n1c(=O)n(C2CCC(=O)NC2=O)c2ccc(C3=CCN(C(=O)OC(C)(C)C)CC3)cc21. The van der Waals surface area contributed by atoms with Crippen LogP contribution in [-0.2, 0) is 14.3 Å². The number of imide groups is 1. The fourth-order valence-electron chi connectivity index (χ4n) is 4.59. The van der Waals surface area contributed by atoms with Gasteiger partial charge in [0.25, 0.3) is 0 Å². The summed E-state index contributed by atoms with van der Waals surface area (Å²) >= 11 is 0. The second-order valence-corrected chi connectivity index (χ2v) is 10.2. The number of imidazole rings is 1. The minimum Gasteiger partial charge on any atom is -0.444 e. The van der Waals surface area contributed by atoms with E-state index in [1.165, 1.54) is 4.57 Å². The van der Waals surface area contributed by atoms with Crippen molar-refractivity contribution in [3.05, 3.63) is 40.3 Å². The van der Waals surface area contributed by atoms with Gasteiger partial charge in [0.2, 0.25) is 11.8 Å². The molecule has 0 spiro atoms. The Labute approximate surface area is 198 Å². The zero-order valence-corrected chi connectivity index (χ0v) is 20.4. The minimum absolute atomic E-state index is 0.109. The first-order valence-corrected chi connectivity index (χ1v) is 11.7. The van der Waals surface area contributed by atoms with Crippen LogP contribution in [0.1, 0.15) is 71.5 Å². The second kappa shape index (κ2) is 8.77. The largest absolute Gasteiger partial charge is 0.444 e. The van der Waals surface area contributed by atoms with Crippen LogP contribution in [0.2, 0.25) is 0 Å². The number of piperidine rings is 1. The van der Waals surface area contributed by atoms with Crippen molar-refractivity contribution in [1.82, 2.24) is 19.4 Å². The maximum Gasteiger partial charge on any atom is 0.410 e.